The van der Waals surface area contributed by atoms with Crippen LogP contribution in [-0.2, 0) is 0 Å². The first-order valence-electron chi connectivity index (χ1n) is 7.28. The van der Waals surface area contributed by atoms with Crippen molar-refractivity contribution in [3.63, 3.8) is 0 Å². The Hall–Kier alpha value is -0.840. The molecule has 1 aromatic carbocycles. The van der Waals surface area contributed by atoms with Crippen molar-refractivity contribution < 1.29 is 9.50 Å². The van der Waals surface area contributed by atoms with Gasteiger partial charge in [0, 0.05) is 42.8 Å². The van der Waals surface area contributed by atoms with Crippen LogP contribution in [0.1, 0.15) is 30.9 Å². The Labute approximate surface area is 123 Å². The number of nitrogens with zero attached hydrogens (tertiary/aromatic N) is 1. The van der Waals surface area contributed by atoms with E-state index in [1.807, 2.05) is 0 Å². The number of rotatable bonds is 4. The second-order valence-electron chi connectivity index (χ2n) is 5.77. The highest BCUT2D eigenvalue weighted by atomic mass is 35.5. The van der Waals surface area contributed by atoms with Crippen LogP contribution in [0.2, 0.25) is 5.02 Å². The Morgan fingerprint density at radius 1 is 1.35 bits per heavy atom. The summed E-state index contributed by atoms with van der Waals surface area (Å²) in [5.74, 6) is -0.171. The van der Waals surface area contributed by atoms with E-state index < -0.39 is 5.82 Å². The summed E-state index contributed by atoms with van der Waals surface area (Å²) < 4.78 is 13.7. The van der Waals surface area contributed by atoms with Crippen LogP contribution < -0.4 is 5.32 Å². The summed E-state index contributed by atoms with van der Waals surface area (Å²) in [6.45, 7) is 3.66. The molecule has 0 radical (unpaired) electrons. The maximum atomic E-state index is 13.7. The SMILES string of the molecule is Oc1c(F)ccc(Cl)c1[C@H](CC1CC1)N1CCNCC1. The number of nitrogens with one attached hydrogen (secondary N) is 1. The van der Waals surface area contributed by atoms with Gasteiger partial charge in [-0.2, -0.15) is 0 Å². The van der Waals surface area contributed by atoms with Crippen LogP contribution in [-0.4, -0.2) is 36.2 Å². The van der Waals surface area contributed by atoms with Gasteiger partial charge in [-0.3, -0.25) is 4.90 Å². The molecule has 20 heavy (non-hydrogen) atoms. The van der Waals surface area contributed by atoms with Gasteiger partial charge in [-0.05, 0) is 24.5 Å². The lowest BCUT2D eigenvalue weighted by Gasteiger charge is -2.36. The van der Waals surface area contributed by atoms with Crippen molar-refractivity contribution in [3.8, 4) is 5.75 Å². The van der Waals surface area contributed by atoms with Crippen LogP contribution in [0.4, 0.5) is 4.39 Å². The van der Waals surface area contributed by atoms with Gasteiger partial charge in [0.25, 0.3) is 0 Å². The summed E-state index contributed by atoms with van der Waals surface area (Å²) >= 11 is 6.25. The Balaban J connectivity index is 1.93. The molecule has 3 nitrogen and oxygen atoms in total. The molecule has 1 saturated carbocycles. The topological polar surface area (TPSA) is 35.5 Å². The van der Waals surface area contributed by atoms with E-state index in [1.165, 1.54) is 18.9 Å². The summed E-state index contributed by atoms with van der Waals surface area (Å²) in [7, 11) is 0. The third kappa shape index (κ3) is 2.92. The summed E-state index contributed by atoms with van der Waals surface area (Å²) in [5.41, 5.74) is 0.570. The molecule has 1 aliphatic carbocycles. The van der Waals surface area contributed by atoms with E-state index in [9.17, 15) is 9.50 Å². The quantitative estimate of drug-likeness (QED) is 0.897. The van der Waals surface area contributed by atoms with Gasteiger partial charge in [0.1, 0.15) is 0 Å². The first-order chi connectivity index (χ1) is 9.66. The highest BCUT2D eigenvalue weighted by Gasteiger charge is 2.33. The highest BCUT2D eigenvalue weighted by Crippen LogP contribution is 2.45. The van der Waals surface area contributed by atoms with Crippen LogP contribution >= 0.6 is 11.6 Å². The average molecular weight is 299 g/mol. The van der Waals surface area contributed by atoms with Gasteiger partial charge in [-0.15, -0.1) is 0 Å². The predicted octanol–water partition coefficient (Wildman–Crippen LogP) is 2.93. The molecule has 2 fully saturated rings. The molecule has 110 valence electrons. The molecule has 0 amide bonds. The number of benzene rings is 1. The number of phenols is 1. The second kappa shape index (κ2) is 5.88. The van der Waals surface area contributed by atoms with Gasteiger partial charge >= 0.3 is 0 Å². The smallest absolute Gasteiger partial charge is 0.165 e. The fourth-order valence-electron chi connectivity index (χ4n) is 2.99. The van der Waals surface area contributed by atoms with Crippen molar-refractivity contribution in [1.29, 1.82) is 0 Å². The summed E-state index contributed by atoms with van der Waals surface area (Å²) in [6.07, 6.45) is 3.42. The molecule has 5 heteroatoms. The number of phenolic OH excluding ortho intramolecular Hbond substituents is 1. The molecule has 3 rings (SSSR count). The average Bonchev–Trinajstić information content (AvgIpc) is 3.27. The fraction of sp³-hybridized carbons (Fsp3) is 0.600. The lowest BCUT2D eigenvalue weighted by atomic mass is 9.97. The molecule has 0 bridgehead atoms. The van der Waals surface area contributed by atoms with Crippen LogP contribution in [0.3, 0.4) is 0 Å². The van der Waals surface area contributed by atoms with Crippen molar-refractivity contribution in [1.82, 2.24) is 10.2 Å². The summed E-state index contributed by atoms with van der Waals surface area (Å²) in [4.78, 5) is 2.31. The molecule has 2 aliphatic rings. The number of aromatic hydroxyl groups is 1. The lowest BCUT2D eigenvalue weighted by molar-refractivity contribution is 0.157. The van der Waals surface area contributed by atoms with Crippen molar-refractivity contribution in [2.75, 3.05) is 26.2 Å². The Morgan fingerprint density at radius 2 is 2.05 bits per heavy atom. The highest BCUT2D eigenvalue weighted by molar-refractivity contribution is 6.31. The molecule has 1 aliphatic heterocycles. The molecule has 0 unspecified atom stereocenters. The Bertz CT molecular complexity index is 487. The van der Waals surface area contributed by atoms with E-state index in [0.717, 1.165) is 32.6 Å². The molecule has 1 atom stereocenters. The van der Waals surface area contributed by atoms with Gasteiger partial charge < -0.3 is 10.4 Å². The van der Waals surface area contributed by atoms with E-state index in [0.29, 0.717) is 16.5 Å². The molecular weight excluding hydrogens is 279 g/mol. The Morgan fingerprint density at radius 3 is 2.70 bits per heavy atom. The van der Waals surface area contributed by atoms with E-state index in [2.05, 4.69) is 10.2 Å². The zero-order chi connectivity index (χ0) is 14.1. The van der Waals surface area contributed by atoms with Crippen LogP contribution in [0.25, 0.3) is 0 Å². The minimum atomic E-state index is -0.583. The number of hydrogen-bond donors (Lipinski definition) is 2. The third-order valence-electron chi connectivity index (χ3n) is 4.29. The Kier molecular flexibility index (Phi) is 4.15. The van der Waals surface area contributed by atoms with Gasteiger partial charge in [-0.25, -0.2) is 4.39 Å². The van der Waals surface area contributed by atoms with Crippen molar-refractivity contribution in [2.45, 2.75) is 25.3 Å². The van der Waals surface area contributed by atoms with E-state index >= 15 is 0 Å². The van der Waals surface area contributed by atoms with Crippen molar-refractivity contribution in [2.24, 2.45) is 5.92 Å². The number of halogens is 2. The molecule has 1 saturated heterocycles. The van der Waals surface area contributed by atoms with Gasteiger partial charge in [0.2, 0.25) is 0 Å². The minimum absolute atomic E-state index is 0.0211. The standard InChI is InChI=1S/C15H20ClFN2O/c16-11-3-4-12(17)15(20)14(11)13(9-10-1-2-10)19-7-5-18-6-8-19/h3-4,10,13,18,20H,1-2,5-9H2/t13-/m0/s1. The zero-order valence-electron chi connectivity index (χ0n) is 11.4. The van der Waals surface area contributed by atoms with Crippen molar-refractivity contribution >= 4 is 11.6 Å². The molecule has 0 spiro atoms. The van der Waals surface area contributed by atoms with Crippen LogP contribution in [0.15, 0.2) is 12.1 Å². The van der Waals surface area contributed by atoms with E-state index in [-0.39, 0.29) is 11.8 Å². The fourth-order valence-corrected chi connectivity index (χ4v) is 3.26. The van der Waals surface area contributed by atoms with Crippen molar-refractivity contribution in [3.05, 3.63) is 28.5 Å². The molecule has 1 aromatic rings. The van der Waals surface area contributed by atoms with Gasteiger partial charge in [0.15, 0.2) is 11.6 Å². The molecule has 0 aromatic heterocycles. The minimum Gasteiger partial charge on any atom is -0.505 e. The van der Waals surface area contributed by atoms with Crippen LogP contribution in [0.5, 0.6) is 5.75 Å². The zero-order valence-corrected chi connectivity index (χ0v) is 12.2. The van der Waals surface area contributed by atoms with E-state index in [1.54, 1.807) is 6.07 Å². The maximum Gasteiger partial charge on any atom is 0.165 e. The van der Waals surface area contributed by atoms with Crippen LogP contribution in [0, 0.1) is 11.7 Å². The first-order valence-corrected chi connectivity index (χ1v) is 7.66. The second-order valence-corrected chi connectivity index (χ2v) is 6.18. The normalized spacial score (nSPS) is 21.9. The monoisotopic (exact) mass is 298 g/mol. The molecule has 1 heterocycles. The van der Waals surface area contributed by atoms with Gasteiger partial charge in [-0.1, -0.05) is 24.4 Å². The first kappa shape index (κ1) is 14.1. The van der Waals surface area contributed by atoms with E-state index in [4.69, 9.17) is 11.6 Å². The summed E-state index contributed by atoms with van der Waals surface area (Å²) in [5, 5.41) is 13.9. The van der Waals surface area contributed by atoms with Gasteiger partial charge in [0.05, 0.1) is 0 Å². The maximum absolute atomic E-state index is 13.7. The molecule has 2 N–H and O–H groups in total. The lowest BCUT2D eigenvalue weighted by Crippen LogP contribution is -2.45. The number of hydrogen-bond acceptors (Lipinski definition) is 3. The predicted molar refractivity (Wildman–Crippen MR) is 77.6 cm³/mol. The molecular formula is C15H20ClFN2O. The third-order valence-corrected chi connectivity index (χ3v) is 4.62. The largest absolute Gasteiger partial charge is 0.505 e. The number of piperazine rings is 1. The summed E-state index contributed by atoms with van der Waals surface area (Å²) in [6, 6.07) is 2.80.